The molecule has 0 spiro atoms. The van der Waals surface area contributed by atoms with Gasteiger partial charge in [-0.25, -0.2) is 4.39 Å². The van der Waals surface area contributed by atoms with Gasteiger partial charge >= 0.3 is 5.97 Å². The van der Waals surface area contributed by atoms with Gasteiger partial charge in [0.05, 0.1) is 10.6 Å². The third-order valence-corrected chi connectivity index (χ3v) is 2.36. The number of benzene rings is 1. The fourth-order valence-electron chi connectivity index (χ4n) is 1.14. The van der Waals surface area contributed by atoms with Crippen LogP contribution >= 0.6 is 11.6 Å². The maximum atomic E-state index is 13.2. The van der Waals surface area contributed by atoms with Gasteiger partial charge in [-0.1, -0.05) is 17.7 Å². The van der Waals surface area contributed by atoms with Crippen molar-refractivity contribution >= 4 is 23.4 Å². The number of carboxylic acids is 1. The van der Waals surface area contributed by atoms with Gasteiger partial charge in [-0.3, -0.25) is 9.59 Å². The molecule has 80 valence electrons. The van der Waals surface area contributed by atoms with E-state index in [-0.39, 0.29) is 10.6 Å². The van der Waals surface area contributed by atoms with E-state index in [1.54, 1.807) is 6.92 Å². The number of hydrogen-bond acceptors (Lipinski definition) is 2. The van der Waals surface area contributed by atoms with Crippen molar-refractivity contribution in [1.82, 2.24) is 0 Å². The van der Waals surface area contributed by atoms with E-state index in [0.29, 0.717) is 5.56 Å². The summed E-state index contributed by atoms with van der Waals surface area (Å²) in [6.07, 6.45) is -0.764. The highest BCUT2D eigenvalue weighted by molar-refractivity contribution is 6.35. The highest BCUT2D eigenvalue weighted by Gasteiger charge is 2.19. The van der Waals surface area contributed by atoms with Crippen LogP contribution in [0.2, 0.25) is 5.02 Å². The van der Waals surface area contributed by atoms with Crippen molar-refractivity contribution in [3.05, 3.63) is 34.1 Å². The number of carbonyl (C=O) groups excluding carboxylic acids is 1. The molecular formula is C10H8ClFO3. The predicted octanol–water partition coefficient (Wildman–Crippen LogP) is 2.44. The Morgan fingerprint density at radius 2 is 2.07 bits per heavy atom. The summed E-state index contributed by atoms with van der Waals surface area (Å²) in [6, 6.07) is 2.52. The van der Waals surface area contributed by atoms with Gasteiger partial charge < -0.3 is 5.11 Å². The van der Waals surface area contributed by atoms with Crippen LogP contribution in [0.25, 0.3) is 0 Å². The number of Topliss-reactive ketones (excluding diaryl/α,β-unsaturated/α-hetero) is 1. The minimum absolute atomic E-state index is 0.0266. The lowest BCUT2D eigenvalue weighted by Crippen LogP contribution is -2.10. The zero-order valence-corrected chi connectivity index (χ0v) is 8.64. The van der Waals surface area contributed by atoms with Crippen LogP contribution in [0.15, 0.2) is 12.1 Å². The molecule has 0 heterocycles. The summed E-state index contributed by atoms with van der Waals surface area (Å²) < 4.78 is 13.2. The molecule has 0 amide bonds. The van der Waals surface area contributed by atoms with Gasteiger partial charge in [0.2, 0.25) is 0 Å². The first-order chi connectivity index (χ1) is 6.93. The Kier molecular flexibility index (Phi) is 3.42. The van der Waals surface area contributed by atoms with E-state index in [2.05, 4.69) is 0 Å². The number of rotatable bonds is 3. The molecule has 0 saturated carbocycles. The number of aryl methyl sites for hydroxylation is 1. The summed E-state index contributed by atoms with van der Waals surface area (Å²) in [4.78, 5) is 21.6. The summed E-state index contributed by atoms with van der Waals surface area (Å²) in [5.74, 6) is -2.93. The molecule has 0 atom stereocenters. The Labute approximate surface area is 90.5 Å². The Bertz CT molecular complexity index is 429. The van der Waals surface area contributed by atoms with E-state index in [1.165, 1.54) is 6.07 Å². The molecule has 5 heteroatoms. The quantitative estimate of drug-likeness (QED) is 0.641. The van der Waals surface area contributed by atoms with Crippen LogP contribution in [0.5, 0.6) is 0 Å². The van der Waals surface area contributed by atoms with Crippen LogP contribution in [0, 0.1) is 12.7 Å². The molecule has 15 heavy (non-hydrogen) atoms. The summed E-state index contributed by atoms with van der Waals surface area (Å²) >= 11 is 5.72. The highest BCUT2D eigenvalue weighted by Crippen LogP contribution is 2.24. The SMILES string of the molecule is Cc1ccc(F)c(C(=O)CC(=O)O)c1Cl. The molecule has 0 aromatic heterocycles. The molecule has 0 unspecified atom stereocenters. The van der Waals surface area contributed by atoms with Gasteiger partial charge in [-0.2, -0.15) is 0 Å². The second kappa shape index (κ2) is 4.40. The second-order valence-corrected chi connectivity index (χ2v) is 3.42. The molecule has 0 bridgehead atoms. The van der Waals surface area contributed by atoms with E-state index in [4.69, 9.17) is 16.7 Å². The van der Waals surface area contributed by atoms with E-state index < -0.39 is 24.0 Å². The number of carboxylic acid groups (broad SMARTS) is 1. The van der Waals surface area contributed by atoms with Crippen LogP contribution < -0.4 is 0 Å². The first kappa shape index (κ1) is 11.7. The minimum Gasteiger partial charge on any atom is -0.481 e. The summed E-state index contributed by atoms with van der Waals surface area (Å²) in [7, 11) is 0. The molecule has 1 rings (SSSR count). The molecule has 0 saturated heterocycles. The fourth-order valence-corrected chi connectivity index (χ4v) is 1.40. The van der Waals surface area contributed by atoms with Crippen molar-refractivity contribution < 1.29 is 19.1 Å². The number of aliphatic carboxylic acids is 1. The molecule has 0 aliphatic carbocycles. The lowest BCUT2D eigenvalue weighted by Gasteiger charge is -2.05. The Balaban J connectivity index is 3.18. The number of carbonyl (C=O) groups is 2. The van der Waals surface area contributed by atoms with Gasteiger partial charge in [-0.15, -0.1) is 0 Å². The maximum absolute atomic E-state index is 13.2. The van der Waals surface area contributed by atoms with E-state index in [1.807, 2.05) is 0 Å². The van der Waals surface area contributed by atoms with E-state index in [0.717, 1.165) is 6.07 Å². The van der Waals surface area contributed by atoms with Crippen LogP contribution in [-0.4, -0.2) is 16.9 Å². The van der Waals surface area contributed by atoms with E-state index >= 15 is 0 Å². The molecule has 3 nitrogen and oxygen atoms in total. The molecule has 1 aromatic carbocycles. The standard InChI is InChI=1S/C10H8ClFO3/c1-5-2-3-6(12)9(10(5)11)7(13)4-8(14)15/h2-3H,4H2,1H3,(H,14,15). The molecule has 0 radical (unpaired) electrons. The summed E-state index contributed by atoms with van der Waals surface area (Å²) in [5, 5.41) is 8.38. The normalized spacial score (nSPS) is 10.1. The van der Waals surface area contributed by atoms with Crippen LogP contribution in [0.1, 0.15) is 22.3 Å². The Hall–Kier alpha value is -1.42. The smallest absolute Gasteiger partial charge is 0.311 e. The van der Waals surface area contributed by atoms with Crippen molar-refractivity contribution in [2.24, 2.45) is 0 Å². The first-order valence-corrected chi connectivity index (χ1v) is 4.51. The van der Waals surface area contributed by atoms with Gasteiger partial charge in [0, 0.05) is 0 Å². The van der Waals surface area contributed by atoms with Gasteiger partial charge in [-0.05, 0) is 18.6 Å². The Morgan fingerprint density at radius 1 is 1.47 bits per heavy atom. The van der Waals surface area contributed by atoms with Crippen LogP contribution in [0.3, 0.4) is 0 Å². The molecule has 1 N–H and O–H groups in total. The highest BCUT2D eigenvalue weighted by atomic mass is 35.5. The monoisotopic (exact) mass is 230 g/mol. The minimum atomic E-state index is -1.31. The second-order valence-electron chi connectivity index (χ2n) is 3.05. The largest absolute Gasteiger partial charge is 0.481 e. The molecule has 1 aromatic rings. The van der Waals surface area contributed by atoms with Crippen LogP contribution in [-0.2, 0) is 4.79 Å². The zero-order chi connectivity index (χ0) is 11.6. The average molecular weight is 231 g/mol. The third-order valence-electron chi connectivity index (χ3n) is 1.87. The Morgan fingerprint density at radius 3 is 2.60 bits per heavy atom. The molecular weight excluding hydrogens is 223 g/mol. The van der Waals surface area contributed by atoms with E-state index in [9.17, 15) is 14.0 Å². The first-order valence-electron chi connectivity index (χ1n) is 4.13. The molecule has 0 aliphatic heterocycles. The van der Waals surface area contributed by atoms with Gasteiger partial charge in [0.15, 0.2) is 5.78 Å². The van der Waals surface area contributed by atoms with Crippen LogP contribution in [0.4, 0.5) is 4.39 Å². The lowest BCUT2D eigenvalue weighted by molar-refractivity contribution is -0.135. The van der Waals surface area contributed by atoms with Gasteiger partial charge in [0.1, 0.15) is 12.2 Å². The molecule has 0 fully saturated rings. The maximum Gasteiger partial charge on any atom is 0.311 e. The summed E-state index contributed by atoms with van der Waals surface area (Å²) in [5.41, 5.74) is 0.186. The number of ketones is 1. The van der Waals surface area contributed by atoms with Gasteiger partial charge in [0.25, 0.3) is 0 Å². The topological polar surface area (TPSA) is 54.4 Å². The lowest BCUT2D eigenvalue weighted by atomic mass is 10.0. The molecule has 0 aliphatic rings. The van der Waals surface area contributed by atoms with Crippen molar-refractivity contribution in [3.63, 3.8) is 0 Å². The predicted molar refractivity (Wildman–Crippen MR) is 52.7 cm³/mol. The van der Waals surface area contributed by atoms with Crippen molar-refractivity contribution in [1.29, 1.82) is 0 Å². The third kappa shape index (κ3) is 2.53. The number of hydrogen-bond donors (Lipinski definition) is 1. The number of halogens is 2. The van der Waals surface area contributed by atoms with Crippen molar-refractivity contribution in [2.75, 3.05) is 0 Å². The zero-order valence-electron chi connectivity index (χ0n) is 7.88. The summed E-state index contributed by atoms with van der Waals surface area (Å²) in [6.45, 7) is 1.61. The fraction of sp³-hybridized carbons (Fsp3) is 0.200. The van der Waals surface area contributed by atoms with Crippen molar-refractivity contribution in [2.45, 2.75) is 13.3 Å². The van der Waals surface area contributed by atoms with Crippen molar-refractivity contribution in [3.8, 4) is 0 Å². The average Bonchev–Trinajstić information content (AvgIpc) is 2.11.